The maximum Gasteiger partial charge on any atom is 0.387 e. The molecule has 1 heterocycles. The Balaban J connectivity index is 2.05. The number of methoxy groups -OCH3 is 1. The summed E-state index contributed by atoms with van der Waals surface area (Å²) >= 11 is 0. The molecule has 1 aliphatic heterocycles. The summed E-state index contributed by atoms with van der Waals surface area (Å²) in [6.45, 7) is 1.39. The van der Waals surface area contributed by atoms with Gasteiger partial charge >= 0.3 is 6.61 Å². The van der Waals surface area contributed by atoms with Crippen molar-refractivity contribution in [2.75, 3.05) is 26.8 Å². The fourth-order valence-electron chi connectivity index (χ4n) is 2.54. The summed E-state index contributed by atoms with van der Waals surface area (Å²) in [5.74, 6) is 1.25. The molecule has 8 heteroatoms. The van der Waals surface area contributed by atoms with Crippen molar-refractivity contribution in [2.24, 2.45) is 4.99 Å². The first-order valence-corrected chi connectivity index (χ1v) is 8.38. The number of halogens is 2. The second-order valence-electron chi connectivity index (χ2n) is 5.56. The summed E-state index contributed by atoms with van der Waals surface area (Å²) in [6, 6.07) is 4.68. The molecule has 0 spiro atoms. The minimum atomic E-state index is -2.89. The lowest BCUT2D eigenvalue weighted by molar-refractivity contribution is -0.0504. The molecule has 2 N–H and O–H groups in total. The molecule has 1 aliphatic rings. The third-order valence-electron chi connectivity index (χ3n) is 3.76. The predicted octanol–water partition coefficient (Wildman–Crippen LogP) is 2.53. The van der Waals surface area contributed by atoms with Gasteiger partial charge in [-0.3, -0.25) is 0 Å². The Morgan fingerprint density at radius 3 is 2.88 bits per heavy atom. The number of nitrogens with one attached hydrogen (secondary N) is 2. The molecule has 0 saturated carbocycles. The number of benzene rings is 1. The van der Waals surface area contributed by atoms with Crippen molar-refractivity contribution in [1.82, 2.24) is 10.6 Å². The number of rotatable bonds is 8. The number of alkyl halides is 2. The Kier molecular flexibility index (Phi) is 7.72. The van der Waals surface area contributed by atoms with Gasteiger partial charge < -0.3 is 24.8 Å². The second kappa shape index (κ2) is 10.0. The lowest BCUT2D eigenvalue weighted by atomic mass is 10.2. The van der Waals surface area contributed by atoms with Gasteiger partial charge in [0.25, 0.3) is 0 Å². The molecular formula is C17H25F2N3O3. The minimum Gasteiger partial charge on any atom is -0.497 e. The third-order valence-corrected chi connectivity index (χ3v) is 3.76. The summed E-state index contributed by atoms with van der Waals surface area (Å²) in [5.41, 5.74) is 0.522. The number of hydrogen-bond donors (Lipinski definition) is 2. The van der Waals surface area contributed by atoms with Gasteiger partial charge in [0, 0.05) is 25.3 Å². The van der Waals surface area contributed by atoms with Gasteiger partial charge in [-0.15, -0.1) is 0 Å². The molecule has 0 aromatic heterocycles. The van der Waals surface area contributed by atoms with E-state index in [0.717, 1.165) is 19.4 Å². The van der Waals surface area contributed by atoms with Crippen molar-refractivity contribution in [3.63, 3.8) is 0 Å². The molecule has 1 aromatic carbocycles. The smallest absolute Gasteiger partial charge is 0.387 e. The number of ether oxygens (including phenoxy) is 3. The van der Waals surface area contributed by atoms with Crippen LogP contribution in [0, 0.1) is 0 Å². The van der Waals surface area contributed by atoms with Crippen molar-refractivity contribution in [2.45, 2.75) is 39.0 Å². The van der Waals surface area contributed by atoms with Gasteiger partial charge in [0.05, 0.1) is 19.8 Å². The number of hydrogen-bond acceptors (Lipinski definition) is 4. The number of guanidine groups is 1. The Morgan fingerprint density at radius 1 is 1.40 bits per heavy atom. The van der Waals surface area contributed by atoms with Gasteiger partial charge in [-0.25, -0.2) is 4.99 Å². The Hall–Kier alpha value is -2.09. The molecule has 1 fully saturated rings. The van der Waals surface area contributed by atoms with E-state index in [0.29, 0.717) is 30.4 Å². The van der Waals surface area contributed by atoms with Crippen LogP contribution in [0.1, 0.15) is 25.3 Å². The fourth-order valence-corrected chi connectivity index (χ4v) is 2.54. The van der Waals surface area contributed by atoms with Crippen LogP contribution < -0.4 is 20.1 Å². The van der Waals surface area contributed by atoms with Crippen molar-refractivity contribution in [3.8, 4) is 11.5 Å². The second-order valence-corrected chi connectivity index (χ2v) is 5.56. The Bertz CT molecular complexity index is 564. The van der Waals surface area contributed by atoms with Crippen LogP contribution in [0.3, 0.4) is 0 Å². The largest absolute Gasteiger partial charge is 0.497 e. The maximum atomic E-state index is 12.6. The first kappa shape index (κ1) is 19.2. The quantitative estimate of drug-likeness (QED) is 0.553. The SMILES string of the molecule is CCNC(=NCc1cc(OC)ccc1OC(F)F)NCC1CCCO1. The standard InChI is InChI=1S/C17H25F2N3O3/c1-3-20-17(22-11-14-5-4-8-24-14)21-10-12-9-13(23-2)6-7-15(12)25-16(18)19/h6-7,9,14,16H,3-5,8,10-11H2,1-2H3,(H2,20,21,22). The summed E-state index contributed by atoms with van der Waals surface area (Å²) in [4.78, 5) is 4.45. The topological polar surface area (TPSA) is 64.1 Å². The van der Waals surface area contributed by atoms with Crippen molar-refractivity contribution in [1.29, 1.82) is 0 Å². The van der Waals surface area contributed by atoms with E-state index in [1.165, 1.54) is 13.2 Å². The van der Waals surface area contributed by atoms with Gasteiger partial charge in [-0.1, -0.05) is 0 Å². The highest BCUT2D eigenvalue weighted by atomic mass is 19.3. The van der Waals surface area contributed by atoms with Crippen LogP contribution in [0.5, 0.6) is 11.5 Å². The normalized spacial score (nSPS) is 17.6. The molecule has 1 saturated heterocycles. The van der Waals surface area contributed by atoms with Crippen LogP contribution in [0.4, 0.5) is 8.78 Å². The average Bonchev–Trinajstić information content (AvgIpc) is 3.11. The zero-order valence-electron chi connectivity index (χ0n) is 14.6. The monoisotopic (exact) mass is 357 g/mol. The Labute approximate surface area is 146 Å². The van der Waals surface area contributed by atoms with Gasteiger partial charge in [-0.2, -0.15) is 8.78 Å². The lowest BCUT2D eigenvalue weighted by Crippen LogP contribution is -2.41. The molecule has 140 valence electrons. The molecule has 2 rings (SSSR count). The minimum absolute atomic E-state index is 0.0922. The van der Waals surface area contributed by atoms with Gasteiger partial charge in [0.2, 0.25) is 0 Å². The zero-order chi connectivity index (χ0) is 18.1. The van der Waals surface area contributed by atoms with Crippen LogP contribution in [0.15, 0.2) is 23.2 Å². The molecule has 0 aliphatic carbocycles. The van der Waals surface area contributed by atoms with E-state index >= 15 is 0 Å². The summed E-state index contributed by atoms with van der Waals surface area (Å²) in [7, 11) is 1.52. The predicted molar refractivity (Wildman–Crippen MR) is 91.4 cm³/mol. The van der Waals surface area contributed by atoms with Crippen LogP contribution >= 0.6 is 0 Å². The van der Waals surface area contributed by atoms with E-state index in [2.05, 4.69) is 20.4 Å². The molecule has 6 nitrogen and oxygen atoms in total. The van der Waals surface area contributed by atoms with E-state index in [-0.39, 0.29) is 18.4 Å². The molecule has 25 heavy (non-hydrogen) atoms. The van der Waals surface area contributed by atoms with Crippen molar-refractivity contribution < 1.29 is 23.0 Å². The molecule has 1 aromatic rings. The molecular weight excluding hydrogens is 332 g/mol. The van der Waals surface area contributed by atoms with Crippen LogP contribution in [-0.2, 0) is 11.3 Å². The number of nitrogens with zero attached hydrogens (tertiary/aromatic N) is 1. The first-order valence-electron chi connectivity index (χ1n) is 8.38. The van der Waals surface area contributed by atoms with E-state index in [1.54, 1.807) is 12.1 Å². The van der Waals surface area contributed by atoms with Crippen molar-refractivity contribution in [3.05, 3.63) is 23.8 Å². The maximum absolute atomic E-state index is 12.6. The molecule has 0 radical (unpaired) electrons. The van der Waals surface area contributed by atoms with Crippen LogP contribution in [-0.4, -0.2) is 45.5 Å². The average molecular weight is 357 g/mol. The highest BCUT2D eigenvalue weighted by Gasteiger charge is 2.16. The van der Waals surface area contributed by atoms with Gasteiger partial charge in [-0.05, 0) is 38.0 Å². The van der Waals surface area contributed by atoms with E-state index in [9.17, 15) is 8.78 Å². The Morgan fingerprint density at radius 2 is 2.24 bits per heavy atom. The molecule has 1 atom stereocenters. The summed E-state index contributed by atoms with van der Waals surface area (Å²) < 4.78 is 40.4. The van der Waals surface area contributed by atoms with Gasteiger partial charge in [0.15, 0.2) is 5.96 Å². The van der Waals surface area contributed by atoms with E-state index in [1.807, 2.05) is 6.92 Å². The first-order chi connectivity index (χ1) is 12.1. The molecule has 0 amide bonds. The third kappa shape index (κ3) is 6.38. The fraction of sp³-hybridized carbons (Fsp3) is 0.588. The summed E-state index contributed by atoms with van der Waals surface area (Å²) in [6.07, 6.45) is 2.27. The highest BCUT2D eigenvalue weighted by molar-refractivity contribution is 5.79. The van der Waals surface area contributed by atoms with E-state index < -0.39 is 6.61 Å². The summed E-state index contributed by atoms with van der Waals surface area (Å²) in [5, 5.41) is 6.34. The molecule has 0 bridgehead atoms. The van der Waals surface area contributed by atoms with Crippen LogP contribution in [0.25, 0.3) is 0 Å². The molecule has 1 unspecified atom stereocenters. The van der Waals surface area contributed by atoms with E-state index in [4.69, 9.17) is 9.47 Å². The van der Waals surface area contributed by atoms with Crippen LogP contribution in [0.2, 0.25) is 0 Å². The zero-order valence-corrected chi connectivity index (χ0v) is 14.6. The van der Waals surface area contributed by atoms with Gasteiger partial charge in [0.1, 0.15) is 11.5 Å². The highest BCUT2D eigenvalue weighted by Crippen LogP contribution is 2.26. The lowest BCUT2D eigenvalue weighted by Gasteiger charge is -2.15. The number of aliphatic imine (C=N–C) groups is 1. The van der Waals surface area contributed by atoms with Crippen molar-refractivity contribution >= 4 is 5.96 Å².